The van der Waals surface area contributed by atoms with Crippen molar-refractivity contribution in [3.05, 3.63) is 6.33 Å². The summed E-state index contributed by atoms with van der Waals surface area (Å²) in [6.07, 6.45) is 4.68. The fraction of sp³-hybridized carbons (Fsp3) is 0.714. The average Bonchev–Trinajstić information content (AvgIpc) is 2.37. The van der Waals surface area contributed by atoms with Crippen molar-refractivity contribution in [1.82, 2.24) is 9.97 Å². The fourth-order valence-electron chi connectivity index (χ4n) is 1.70. The van der Waals surface area contributed by atoms with E-state index >= 15 is 0 Å². The van der Waals surface area contributed by atoms with Gasteiger partial charge in [-0.25, -0.2) is 4.98 Å². The van der Waals surface area contributed by atoms with Crippen LogP contribution in [-0.4, -0.2) is 22.6 Å². The Morgan fingerprint density at radius 1 is 1.26 bits per heavy atom. The smallest absolute Gasteiger partial charge is 0.242 e. The van der Waals surface area contributed by atoms with Gasteiger partial charge >= 0.3 is 0 Å². The first kappa shape index (κ1) is 15.5. The highest BCUT2D eigenvalue weighted by Gasteiger charge is 2.11. The minimum Gasteiger partial charge on any atom is -0.476 e. The highest BCUT2D eigenvalue weighted by atomic mass is 16.5. The molecule has 108 valence electrons. The van der Waals surface area contributed by atoms with E-state index in [0.29, 0.717) is 36.0 Å². The van der Waals surface area contributed by atoms with Gasteiger partial charge in [-0.2, -0.15) is 4.98 Å². The summed E-state index contributed by atoms with van der Waals surface area (Å²) in [5.41, 5.74) is 6.51. The molecular weight excluding hydrogens is 240 g/mol. The molecule has 1 heterocycles. The van der Waals surface area contributed by atoms with E-state index in [1.807, 2.05) is 6.92 Å². The SMILES string of the molecule is CCCOc1ncnc(NC(C)CCC(C)C)c1N. The molecule has 0 aromatic carbocycles. The molecule has 5 heteroatoms. The molecule has 0 aliphatic heterocycles. The zero-order chi connectivity index (χ0) is 14.3. The number of ether oxygens (including phenoxy) is 1. The summed E-state index contributed by atoms with van der Waals surface area (Å²) in [6, 6.07) is 0.332. The third-order valence-corrected chi connectivity index (χ3v) is 2.85. The Hall–Kier alpha value is -1.52. The van der Waals surface area contributed by atoms with E-state index in [4.69, 9.17) is 10.5 Å². The predicted octanol–water partition coefficient (Wildman–Crippen LogP) is 3.08. The molecule has 0 radical (unpaired) electrons. The van der Waals surface area contributed by atoms with Crippen LogP contribution in [0.3, 0.4) is 0 Å². The summed E-state index contributed by atoms with van der Waals surface area (Å²) in [7, 11) is 0. The topological polar surface area (TPSA) is 73.1 Å². The van der Waals surface area contributed by atoms with E-state index in [2.05, 4.69) is 36.1 Å². The van der Waals surface area contributed by atoms with Crippen molar-refractivity contribution >= 4 is 11.5 Å². The Labute approximate surface area is 116 Å². The van der Waals surface area contributed by atoms with E-state index in [-0.39, 0.29) is 0 Å². The number of nitrogen functional groups attached to an aromatic ring is 1. The van der Waals surface area contributed by atoms with Gasteiger partial charge in [-0.15, -0.1) is 0 Å². The van der Waals surface area contributed by atoms with Crippen molar-refractivity contribution < 1.29 is 4.74 Å². The monoisotopic (exact) mass is 266 g/mol. The van der Waals surface area contributed by atoms with E-state index < -0.39 is 0 Å². The molecule has 1 atom stereocenters. The zero-order valence-electron chi connectivity index (χ0n) is 12.4. The van der Waals surface area contributed by atoms with E-state index in [1.54, 1.807) is 0 Å². The third-order valence-electron chi connectivity index (χ3n) is 2.85. The van der Waals surface area contributed by atoms with Crippen molar-refractivity contribution in [1.29, 1.82) is 0 Å². The summed E-state index contributed by atoms with van der Waals surface area (Å²) in [5.74, 6) is 1.84. The predicted molar refractivity (Wildman–Crippen MR) is 79.4 cm³/mol. The molecule has 0 saturated carbocycles. The van der Waals surface area contributed by atoms with Gasteiger partial charge in [0, 0.05) is 6.04 Å². The van der Waals surface area contributed by atoms with Crippen LogP contribution in [0, 0.1) is 5.92 Å². The maximum atomic E-state index is 6.02. The van der Waals surface area contributed by atoms with Crippen LogP contribution in [0.15, 0.2) is 6.33 Å². The Balaban J connectivity index is 2.62. The number of anilines is 2. The molecule has 0 spiro atoms. The molecule has 19 heavy (non-hydrogen) atoms. The lowest BCUT2D eigenvalue weighted by Gasteiger charge is -2.17. The first-order valence-electron chi connectivity index (χ1n) is 7.04. The molecule has 0 bridgehead atoms. The van der Waals surface area contributed by atoms with Gasteiger partial charge in [0.25, 0.3) is 0 Å². The van der Waals surface area contributed by atoms with Crippen LogP contribution in [0.4, 0.5) is 11.5 Å². The van der Waals surface area contributed by atoms with Gasteiger partial charge in [0.2, 0.25) is 5.88 Å². The van der Waals surface area contributed by atoms with E-state index in [1.165, 1.54) is 12.7 Å². The van der Waals surface area contributed by atoms with E-state index in [0.717, 1.165) is 12.8 Å². The lowest BCUT2D eigenvalue weighted by Crippen LogP contribution is -2.18. The van der Waals surface area contributed by atoms with Crippen molar-refractivity contribution in [2.75, 3.05) is 17.7 Å². The highest BCUT2D eigenvalue weighted by Crippen LogP contribution is 2.25. The van der Waals surface area contributed by atoms with Gasteiger partial charge < -0.3 is 15.8 Å². The largest absolute Gasteiger partial charge is 0.476 e. The Morgan fingerprint density at radius 2 is 2.00 bits per heavy atom. The van der Waals surface area contributed by atoms with Gasteiger partial charge in [-0.1, -0.05) is 20.8 Å². The molecule has 1 aromatic heterocycles. The second kappa shape index (κ2) is 7.81. The lowest BCUT2D eigenvalue weighted by atomic mass is 10.0. The zero-order valence-corrected chi connectivity index (χ0v) is 12.4. The summed E-state index contributed by atoms with van der Waals surface area (Å²) in [6.45, 7) is 9.25. The molecule has 1 rings (SSSR count). The number of hydrogen-bond donors (Lipinski definition) is 2. The fourth-order valence-corrected chi connectivity index (χ4v) is 1.70. The first-order valence-corrected chi connectivity index (χ1v) is 7.04. The average molecular weight is 266 g/mol. The summed E-state index contributed by atoms with van der Waals surface area (Å²) in [4.78, 5) is 8.25. The minimum absolute atomic E-state index is 0.332. The van der Waals surface area contributed by atoms with Crippen LogP contribution in [0.2, 0.25) is 0 Å². The molecule has 3 N–H and O–H groups in total. The molecule has 1 unspecified atom stereocenters. The quantitative estimate of drug-likeness (QED) is 0.756. The Kier molecular flexibility index (Phi) is 6.39. The van der Waals surface area contributed by atoms with Crippen LogP contribution in [0.25, 0.3) is 0 Å². The molecule has 0 amide bonds. The number of nitrogens with one attached hydrogen (secondary N) is 1. The third kappa shape index (κ3) is 5.32. The summed E-state index contributed by atoms with van der Waals surface area (Å²) in [5, 5.41) is 3.33. The summed E-state index contributed by atoms with van der Waals surface area (Å²) < 4.78 is 5.49. The molecular formula is C14H26N4O. The minimum atomic E-state index is 0.332. The van der Waals surface area contributed by atoms with Crippen LogP contribution in [0.5, 0.6) is 5.88 Å². The number of hydrogen-bond acceptors (Lipinski definition) is 5. The Morgan fingerprint density at radius 3 is 2.63 bits per heavy atom. The molecule has 5 nitrogen and oxygen atoms in total. The maximum absolute atomic E-state index is 6.02. The maximum Gasteiger partial charge on any atom is 0.242 e. The number of rotatable bonds is 8. The first-order chi connectivity index (χ1) is 9.04. The van der Waals surface area contributed by atoms with Crippen LogP contribution >= 0.6 is 0 Å². The van der Waals surface area contributed by atoms with Gasteiger partial charge in [0.15, 0.2) is 5.82 Å². The van der Waals surface area contributed by atoms with Gasteiger partial charge in [0.1, 0.15) is 12.0 Å². The molecule has 0 aliphatic rings. The number of aromatic nitrogens is 2. The van der Waals surface area contributed by atoms with Crippen molar-refractivity contribution in [3.63, 3.8) is 0 Å². The normalized spacial score (nSPS) is 12.5. The van der Waals surface area contributed by atoms with Crippen molar-refractivity contribution in [2.45, 2.75) is 53.0 Å². The number of nitrogens with zero attached hydrogens (tertiary/aromatic N) is 2. The van der Waals surface area contributed by atoms with Crippen LogP contribution in [0.1, 0.15) is 47.0 Å². The van der Waals surface area contributed by atoms with E-state index in [9.17, 15) is 0 Å². The molecule has 0 fully saturated rings. The standard InChI is InChI=1S/C14H26N4O/c1-5-8-19-14-12(15)13(16-9-17-14)18-11(4)7-6-10(2)3/h9-11H,5-8,15H2,1-4H3,(H,16,17,18). The van der Waals surface area contributed by atoms with Gasteiger partial charge in [0.05, 0.1) is 6.61 Å². The van der Waals surface area contributed by atoms with Crippen LogP contribution < -0.4 is 15.8 Å². The van der Waals surface area contributed by atoms with Crippen LogP contribution in [-0.2, 0) is 0 Å². The molecule has 0 saturated heterocycles. The molecule has 0 aliphatic carbocycles. The molecule has 1 aromatic rings. The van der Waals surface area contributed by atoms with Gasteiger partial charge in [-0.05, 0) is 32.1 Å². The van der Waals surface area contributed by atoms with Crippen molar-refractivity contribution in [2.24, 2.45) is 5.92 Å². The second-order valence-corrected chi connectivity index (χ2v) is 5.31. The lowest BCUT2D eigenvalue weighted by molar-refractivity contribution is 0.306. The number of nitrogens with two attached hydrogens (primary N) is 1. The summed E-state index contributed by atoms with van der Waals surface area (Å²) >= 11 is 0. The van der Waals surface area contributed by atoms with Crippen molar-refractivity contribution in [3.8, 4) is 5.88 Å². The second-order valence-electron chi connectivity index (χ2n) is 5.31. The highest BCUT2D eigenvalue weighted by molar-refractivity contribution is 5.66. The Bertz CT molecular complexity index is 382. The van der Waals surface area contributed by atoms with Gasteiger partial charge in [-0.3, -0.25) is 0 Å².